The maximum atomic E-state index is 3.23. The standard InChI is InChI=1S/C8H12S/c1-9-7-3-2-4-8-5-6-8/h8H,3,5-7H2,1H3. The molecule has 0 aromatic rings. The third-order valence-corrected chi connectivity index (χ3v) is 1.93. The lowest BCUT2D eigenvalue weighted by Gasteiger charge is -1.82. The molecule has 0 aliphatic heterocycles. The largest absolute Gasteiger partial charge is 0.164 e. The Labute approximate surface area is 61.4 Å². The van der Waals surface area contributed by atoms with Gasteiger partial charge in [0.15, 0.2) is 0 Å². The Morgan fingerprint density at radius 3 is 2.89 bits per heavy atom. The molecule has 50 valence electrons. The molecule has 0 spiro atoms. The number of hydrogen-bond acceptors (Lipinski definition) is 1. The first-order chi connectivity index (χ1) is 4.43. The van der Waals surface area contributed by atoms with Crippen molar-refractivity contribution in [3.05, 3.63) is 0 Å². The van der Waals surface area contributed by atoms with E-state index in [2.05, 4.69) is 18.1 Å². The van der Waals surface area contributed by atoms with Crippen LogP contribution in [0.15, 0.2) is 0 Å². The Kier molecular flexibility index (Phi) is 3.00. The molecular weight excluding hydrogens is 128 g/mol. The third kappa shape index (κ3) is 3.48. The molecule has 0 bridgehead atoms. The van der Waals surface area contributed by atoms with Gasteiger partial charge in [0.25, 0.3) is 0 Å². The van der Waals surface area contributed by atoms with E-state index in [0.717, 1.165) is 12.3 Å². The Morgan fingerprint density at radius 1 is 1.56 bits per heavy atom. The van der Waals surface area contributed by atoms with Gasteiger partial charge in [-0.2, -0.15) is 11.8 Å². The zero-order chi connectivity index (χ0) is 6.53. The van der Waals surface area contributed by atoms with E-state index in [9.17, 15) is 0 Å². The molecule has 1 aliphatic carbocycles. The summed E-state index contributed by atoms with van der Waals surface area (Å²) in [6.45, 7) is 0. The molecule has 0 saturated heterocycles. The lowest BCUT2D eigenvalue weighted by atomic mass is 10.4. The molecule has 0 unspecified atom stereocenters. The smallest absolute Gasteiger partial charge is 0.0203 e. The van der Waals surface area contributed by atoms with Crippen LogP contribution in [0.3, 0.4) is 0 Å². The zero-order valence-corrected chi connectivity index (χ0v) is 6.63. The van der Waals surface area contributed by atoms with Gasteiger partial charge in [0.05, 0.1) is 0 Å². The number of hydrogen-bond donors (Lipinski definition) is 0. The minimum Gasteiger partial charge on any atom is -0.164 e. The molecule has 0 aromatic heterocycles. The Balaban J connectivity index is 1.96. The van der Waals surface area contributed by atoms with E-state index in [1.807, 2.05) is 11.8 Å². The van der Waals surface area contributed by atoms with E-state index in [1.54, 1.807) is 0 Å². The molecule has 1 heteroatoms. The van der Waals surface area contributed by atoms with Gasteiger partial charge in [0, 0.05) is 18.1 Å². The van der Waals surface area contributed by atoms with Crippen LogP contribution in [0.4, 0.5) is 0 Å². The van der Waals surface area contributed by atoms with Gasteiger partial charge in [0.2, 0.25) is 0 Å². The molecule has 0 heterocycles. The van der Waals surface area contributed by atoms with Crippen molar-refractivity contribution in [1.29, 1.82) is 0 Å². The molecule has 1 saturated carbocycles. The fraction of sp³-hybridized carbons (Fsp3) is 0.750. The van der Waals surface area contributed by atoms with Crippen molar-refractivity contribution in [2.45, 2.75) is 19.3 Å². The molecule has 0 radical (unpaired) electrons. The first-order valence-electron chi connectivity index (χ1n) is 3.41. The minimum atomic E-state index is 0.784. The highest BCUT2D eigenvalue weighted by Crippen LogP contribution is 2.27. The molecule has 0 amide bonds. The van der Waals surface area contributed by atoms with Gasteiger partial charge in [-0.25, -0.2) is 0 Å². The average molecular weight is 140 g/mol. The van der Waals surface area contributed by atoms with Gasteiger partial charge in [0.1, 0.15) is 0 Å². The third-order valence-electron chi connectivity index (χ3n) is 1.31. The number of thioether (sulfide) groups is 1. The summed E-state index contributed by atoms with van der Waals surface area (Å²) in [7, 11) is 0. The molecule has 0 nitrogen and oxygen atoms in total. The highest BCUT2D eigenvalue weighted by molar-refractivity contribution is 7.98. The fourth-order valence-electron chi connectivity index (χ4n) is 0.597. The summed E-state index contributed by atoms with van der Waals surface area (Å²) in [6.07, 6.45) is 5.91. The van der Waals surface area contributed by atoms with Crippen LogP contribution < -0.4 is 0 Å². The van der Waals surface area contributed by atoms with Crippen molar-refractivity contribution in [2.24, 2.45) is 5.92 Å². The summed E-state index contributed by atoms with van der Waals surface area (Å²) < 4.78 is 0. The number of rotatable bonds is 2. The molecular formula is C8H12S. The fourth-order valence-corrected chi connectivity index (χ4v) is 0.903. The van der Waals surface area contributed by atoms with Crippen LogP contribution in [-0.2, 0) is 0 Å². The second kappa shape index (κ2) is 3.85. The quantitative estimate of drug-likeness (QED) is 0.418. The van der Waals surface area contributed by atoms with Gasteiger partial charge in [-0.3, -0.25) is 0 Å². The first-order valence-corrected chi connectivity index (χ1v) is 4.80. The van der Waals surface area contributed by atoms with Crippen molar-refractivity contribution < 1.29 is 0 Å². The van der Waals surface area contributed by atoms with Crippen molar-refractivity contribution in [3.63, 3.8) is 0 Å². The predicted molar refractivity (Wildman–Crippen MR) is 43.5 cm³/mol. The van der Waals surface area contributed by atoms with Crippen LogP contribution in [0, 0.1) is 17.8 Å². The molecule has 1 fully saturated rings. The van der Waals surface area contributed by atoms with Crippen LogP contribution in [0.2, 0.25) is 0 Å². The highest BCUT2D eigenvalue weighted by Gasteiger charge is 2.17. The van der Waals surface area contributed by atoms with Crippen LogP contribution in [-0.4, -0.2) is 12.0 Å². The second-order valence-corrected chi connectivity index (χ2v) is 3.32. The van der Waals surface area contributed by atoms with Gasteiger partial charge >= 0.3 is 0 Å². The molecule has 0 N–H and O–H groups in total. The first kappa shape index (κ1) is 7.02. The SMILES string of the molecule is CSCCC#CC1CC1. The molecule has 0 atom stereocenters. The van der Waals surface area contributed by atoms with Crippen LogP contribution in [0.5, 0.6) is 0 Å². The highest BCUT2D eigenvalue weighted by atomic mass is 32.2. The maximum absolute atomic E-state index is 3.23. The zero-order valence-electron chi connectivity index (χ0n) is 5.81. The summed E-state index contributed by atoms with van der Waals surface area (Å²) in [6, 6.07) is 0. The Hall–Kier alpha value is -0.0900. The lowest BCUT2D eigenvalue weighted by molar-refractivity contribution is 1.17. The predicted octanol–water partition coefficient (Wildman–Crippen LogP) is 2.15. The minimum absolute atomic E-state index is 0.784. The van der Waals surface area contributed by atoms with Gasteiger partial charge < -0.3 is 0 Å². The summed E-state index contributed by atoms with van der Waals surface area (Å²) >= 11 is 1.87. The maximum Gasteiger partial charge on any atom is 0.0203 e. The van der Waals surface area contributed by atoms with E-state index < -0.39 is 0 Å². The van der Waals surface area contributed by atoms with E-state index in [-0.39, 0.29) is 0 Å². The van der Waals surface area contributed by atoms with Crippen LogP contribution in [0.1, 0.15) is 19.3 Å². The van der Waals surface area contributed by atoms with E-state index >= 15 is 0 Å². The van der Waals surface area contributed by atoms with Gasteiger partial charge in [-0.1, -0.05) is 5.92 Å². The monoisotopic (exact) mass is 140 g/mol. The van der Waals surface area contributed by atoms with Gasteiger partial charge in [-0.05, 0) is 19.1 Å². The van der Waals surface area contributed by atoms with Crippen molar-refractivity contribution in [2.75, 3.05) is 12.0 Å². The molecule has 1 rings (SSSR count). The molecule has 1 aliphatic rings. The lowest BCUT2D eigenvalue weighted by Crippen LogP contribution is -1.72. The summed E-state index contributed by atoms with van der Waals surface area (Å²) in [5.41, 5.74) is 0. The summed E-state index contributed by atoms with van der Waals surface area (Å²) in [5.74, 6) is 8.38. The Morgan fingerprint density at radius 2 is 2.33 bits per heavy atom. The Bertz CT molecular complexity index is 125. The summed E-state index contributed by atoms with van der Waals surface area (Å²) in [4.78, 5) is 0. The molecule has 0 aromatic carbocycles. The average Bonchev–Trinajstić information content (AvgIpc) is 2.63. The topological polar surface area (TPSA) is 0 Å². The van der Waals surface area contributed by atoms with Crippen molar-refractivity contribution >= 4 is 11.8 Å². The van der Waals surface area contributed by atoms with Gasteiger partial charge in [-0.15, -0.1) is 5.92 Å². The molecule has 9 heavy (non-hydrogen) atoms. The summed E-state index contributed by atoms with van der Waals surface area (Å²) in [5, 5.41) is 0. The van der Waals surface area contributed by atoms with E-state index in [1.165, 1.54) is 18.6 Å². The van der Waals surface area contributed by atoms with Crippen molar-refractivity contribution in [1.82, 2.24) is 0 Å². The van der Waals surface area contributed by atoms with Crippen LogP contribution in [0.25, 0.3) is 0 Å². The second-order valence-electron chi connectivity index (χ2n) is 2.34. The van der Waals surface area contributed by atoms with E-state index in [4.69, 9.17) is 0 Å². The normalized spacial score (nSPS) is 16.6. The van der Waals surface area contributed by atoms with Crippen LogP contribution >= 0.6 is 11.8 Å². The van der Waals surface area contributed by atoms with E-state index in [0.29, 0.717) is 0 Å². The van der Waals surface area contributed by atoms with Crippen molar-refractivity contribution in [3.8, 4) is 11.8 Å².